The molecule has 7 nitrogen and oxygen atoms in total. The lowest BCUT2D eigenvalue weighted by Gasteiger charge is -2.35. The summed E-state index contributed by atoms with van der Waals surface area (Å²) in [6.45, 7) is 6.97. The number of benzene rings is 3. The summed E-state index contributed by atoms with van der Waals surface area (Å²) in [6.07, 6.45) is 3.18. The van der Waals surface area contributed by atoms with Crippen molar-refractivity contribution in [2.45, 2.75) is 39.5 Å². The highest BCUT2D eigenvalue weighted by Crippen LogP contribution is 2.35. The molecule has 0 bridgehead atoms. The van der Waals surface area contributed by atoms with E-state index in [2.05, 4.69) is 78.5 Å². The first-order valence-electron chi connectivity index (χ1n) is 13.8. The largest absolute Gasteiger partial charge is 0.352 e. The molecule has 3 aromatic carbocycles. The van der Waals surface area contributed by atoms with E-state index < -0.39 is 0 Å². The zero-order valence-corrected chi connectivity index (χ0v) is 22.6. The topological polar surface area (TPSA) is 75.4 Å². The molecule has 198 valence electrons. The van der Waals surface area contributed by atoms with Crippen LogP contribution < -0.4 is 4.90 Å². The van der Waals surface area contributed by atoms with Crippen LogP contribution in [0, 0.1) is 6.92 Å². The van der Waals surface area contributed by atoms with Crippen LogP contribution >= 0.6 is 0 Å². The van der Waals surface area contributed by atoms with E-state index in [1.54, 1.807) is 0 Å². The standard InChI is InChI=1S/C32H33N5O2/c1-3-4-9-28(38)36-16-18-37(19-17-36)31-29-30(26-15-14-24-7-5-6-8-25(24)21-26)35-39-32(29)34-27(33-31)20-23-12-10-22(2)11-13-23/h5-8,10-15,21H,3-4,9,16-20H2,1-2H3. The van der Waals surface area contributed by atoms with Gasteiger partial charge < -0.3 is 14.3 Å². The van der Waals surface area contributed by atoms with Gasteiger partial charge in [-0.1, -0.05) is 84.7 Å². The van der Waals surface area contributed by atoms with Gasteiger partial charge in [-0.05, 0) is 35.7 Å². The Labute approximate surface area is 228 Å². The van der Waals surface area contributed by atoms with Gasteiger partial charge >= 0.3 is 0 Å². The zero-order chi connectivity index (χ0) is 26.8. The van der Waals surface area contributed by atoms with E-state index in [1.165, 1.54) is 10.9 Å². The predicted octanol–water partition coefficient (Wildman–Crippen LogP) is 6.18. The summed E-state index contributed by atoms with van der Waals surface area (Å²) in [7, 11) is 0. The molecule has 2 aromatic heterocycles. The number of hydrogen-bond acceptors (Lipinski definition) is 6. The average molecular weight is 520 g/mol. The maximum absolute atomic E-state index is 12.7. The summed E-state index contributed by atoms with van der Waals surface area (Å²) < 4.78 is 5.86. The lowest BCUT2D eigenvalue weighted by molar-refractivity contribution is -0.131. The summed E-state index contributed by atoms with van der Waals surface area (Å²) in [6, 6.07) is 23.1. The Morgan fingerprint density at radius 2 is 1.69 bits per heavy atom. The molecule has 39 heavy (non-hydrogen) atoms. The van der Waals surface area contributed by atoms with Crippen molar-refractivity contribution < 1.29 is 9.32 Å². The summed E-state index contributed by atoms with van der Waals surface area (Å²) in [5.74, 6) is 1.77. The first-order valence-corrected chi connectivity index (χ1v) is 13.8. The first-order chi connectivity index (χ1) is 19.1. The van der Waals surface area contributed by atoms with Gasteiger partial charge in [-0.2, -0.15) is 4.98 Å². The molecule has 1 amide bonds. The van der Waals surface area contributed by atoms with Crippen LogP contribution in [-0.2, 0) is 11.2 Å². The molecule has 0 N–H and O–H groups in total. The number of unbranched alkanes of at least 4 members (excludes halogenated alkanes) is 1. The zero-order valence-electron chi connectivity index (χ0n) is 22.6. The molecule has 1 saturated heterocycles. The Morgan fingerprint density at radius 1 is 0.923 bits per heavy atom. The highest BCUT2D eigenvalue weighted by atomic mass is 16.5. The Hall–Kier alpha value is -4.26. The van der Waals surface area contributed by atoms with Crippen molar-refractivity contribution in [1.82, 2.24) is 20.0 Å². The molecule has 5 aromatic rings. The summed E-state index contributed by atoms with van der Waals surface area (Å²) in [5.41, 5.74) is 4.57. The van der Waals surface area contributed by atoms with Crippen LogP contribution in [0.25, 0.3) is 33.1 Å². The number of aryl methyl sites for hydroxylation is 1. The van der Waals surface area contributed by atoms with Crippen molar-refractivity contribution in [3.05, 3.63) is 83.7 Å². The summed E-state index contributed by atoms with van der Waals surface area (Å²) in [5, 5.41) is 7.64. The maximum Gasteiger partial charge on any atom is 0.263 e. The molecule has 0 unspecified atom stereocenters. The van der Waals surface area contributed by atoms with E-state index in [-0.39, 0.29) is 5.91 Å². The van der Waals surface area contributed by atoms with Crippen LogP contribution in [0.15, 0.2) is 71.3 Å². The number of amides is 1. The van der Waals surface area contributed by atoms with Gasteiger partial charge in [-0.15, -0.1) is 0 Å². The van der Waals surface area contributed by atoms with Gasteiger partial charge in [0.2, 0.25) is 5.91 Å². The normalized spacial score (nSPS) is 13.9. The molecular weight excluding hydrogens is 486 g/mol. The van der Waals surface area contributed by atoms with Gasteiger partial charge in [0.15, 0.2) is 0 Å². The second-order valence-corrected chi connectivity index (χ2v) is 10.4. The highest BCUT2D eigenvalue weighted by molar-refractivity contribution is 6.00. The van der Waals surface area contributed by atoms with Crippen LogP contribution in [0.3, 0.4) is 0 Å². The van der Waals surface area contributed by atoms with Crippen LogP contribution in [0.4, 0.5) is 5.82 Å². The van der Waals surface area contributed by atoms with E-state index in [9.17, 15) is 4.79 Å². The van der Waals surface area contributed by atoms with Crippen molar-refractivity contribution in [1.29, 1.82) is 0 Å². The fraction of sp³-hybridized carbons (Fsp3) is 0.312. The Kier molecular flexibility index (Phi) is 6.97. The van der Waals surface area contributed by atoms with E-state index in [0.717, 1.165) is 46.3 Å². The summed E-state index contributed by atoms with van der Waals surface area (Å²) in [4.78, 5) is 26.8. The highest BCUT2D eigenvalue weighted by Gasteiger charge is 2.27. The van der Waals surface area contributed by atoms with Crippen LogP contribution in [0.2, 0.25) is 0 Å². The number of nitrogens with zero attached hydrogens (tertiary/aromatic N) is 5. The van der Waals surface area contributed by atoms with E-state index in [4.69, 9.17) is 14.5 Å². The third-order valence-electron chi connectivity index (χ3n) is 7.55. The number of hydrogen-bond donors (Lipinski definition) is 0. The Balaban J connectivity index is 1.38. The van der Waals surface area contributed by atoms with E-state index in [1.807, 2.05) is 17.0 Å². The molecule has 6 rings (SSSR count). The van der Waals surface area contributed by atoms with Gasteiger partial charge in [0.1, 0.15) is 22.7 Å². The molecule has 0 spiro atoms. The SMILES string of the molecule is CCCCC(=O)N1CCN(c2nc(Cc3ccc(C)cc3)nc3onc(-c4ccc5ccccc5c4)c23)CC1. The molecule has 1 fully saturated rings. The molecule has 7 heteroatoms. The third kappa shape index (κ3) is 5.21. The Bertz CT molecular complexity index is 1620. The molecule has 0 radical (unpaired) electrons. The van der Waals surface area contributed by atoms with Crippen molar-refractivity contribution in [3.8, 4) is 11.3 Å². The quantitative estimate of drug-likeness (QED) is 0.256. The molecule has 3 heterocycles. The number of fused-ring (bicyclic) bond motifs is 2. The van der Waals surface area contributed by atoms with Gasteiger partial charge in [0, 0.05) is 44.6 Å². The van der Waals surface area contributed by atoms with E-state index in [0.29, 0.717) is 50.6 Å². The molecule has 0 atom stereocenters. The number of carbonyl (C=O) groups is 1. The van der Waals surface area contributed by atoms with Gasteiger partial charge in [-0.25, -0.2) is 4.98 Å². The van der Waals surface area contributed by atoms with Gasteiger partial charge in [0.25, 0.3) is 5.71 Å². The number of piperazine rings is 1. The molecule has 1 aliphatic heterocycles. The number of aromatic nitrogens is 3. The fourth-order valence-corrected chi connectivity index (χ4v) is 5.26. The smallest absolute Gasteiger partial charge is 0.263 e. The number of anilines is 1. The average Bonchev–Trinajstić information content (AvgIpc) is 3.40. The second-order valence-electron chi connectivity index (χ2n) is 10.4. The van der Waals surface area contributed by atoms with Crippen molar-refractivity contribution in [2.75, 3.05) is 31.1 Å². The fourth-order valence-electron chi connectivity index (χ4n) is 5.26. The van der Waals surface area contributed by atoms with Crippen molar-refractivity contribution in [2.24, 2.45) is 0 Å². The second kappa shape index (κ2) is 10.8. The lowest BCUT2D eigenvalue weighted by Crippen LogP contribution is -2.49. The minimum Gasteiger partial charge on any atom is -0.352 e. The van der Waals surface area contributed by atoms with Crippen molar-refractivity contribution in [3.63, 3.8) is 0 Å². The monoisotopic (exact) mass is 519 g/mol. The minimum absolute atomic E-state index is 0.242. The lowest BCUT2D eigenvalue weighted by atomic mass is 10.0. The van der Waals surface area contributed by atoms with Gasteiger partial charge in [0.05, 0.1) is 0 Å². The van der Waals surface area contributed by atoms with Crippen LogP contribution in [-0.4, -0.2) is 52.1 Å². The third-order valence-corrected chi connectivity index (χ3v) is 7.55. The Morgan fingerprint density at radius 3 is 2.46 bits per heavy atom. The summed E-state index contributed by atoms with van der Waals surface area (Å²) >= 11 is 0. The van der Waals surface area contributed by atoms with Crippen LogP contribution in [0.1, 0.15) is 43.1 Å². The molecular formula is C32H33N5O2. The van der Waals surface area contributed by atoms with Gasteiger partial charge in [-0.3, -0.25) is 4.79 Å². The molecule has 1 aliphatic rings. The maximum atomic E-state index is 12.7. The molecule has 0 saturated carbocycles. The number of rotatable bonds is 7. The predicted molar refractivity (Wildman–Crippen MR) is 155 cm³/mol. The minimum atomic E-state index is 0.242. The van der Waals surface area contributed by atoms with Crippen molar-refractivity contribution >= 4 is 33.6 Å². The number of carbonyl (C=O) groups excluding carboxylic acids is 1. The first kappa shape index (κ1) is 25.0. The van der Waals surface area contributed by atoms with E-state index >= 15 is 0 Å². The molecule has 0 aliphatic carbocycles. The van der Waals surface area contributed by atoms with Crippen LogP contribution in [0.5, 0.6) is 0 Å².